The number of hydrogen-bond donors (Lipinski definition) is 3. The molecular weight excluding hydrogens is 839 g/mol. The number of carbonyl (C=O) groups excluding carboxylic acids is 3. The summed E-state index contributed by atoms with van der Waals surface area (Å²) < 4.78 is 37.8. The average molecular weight is 895 g/mol. The van der Waals surface area contributed by atoms with Crippen LogP contribution in [0.15, 0.2) is 103 Å². The van der Waals surface area contributed by atoms with Gasteiger partial charge in [-0.1, -0.05) is 107 Å². The lowest BCUT2D eigenvalue weighted by Crippen LogP contribution is -2.51. The SMILES string of the molecule is CCN(CC)C(C(=O)N1CCC[C@H]1c1ncc(-c2ccc(-c3ccc4c(c3)C(F)(F)c3cc(-c5cnc([C@@H]6CCCN6C(=O)[C@@H](NC(=O)OC)C(C)C)[nH]5)ccc3-4)cc2)[nH]1)c1ccccc1. The quantitative estimate of drug-likeness (QED) is 0.105. The Morgan fingerprint density at radius 3 is 1.82 bits per heavy atom. The number of rotatable bonds is 13. The standard InChI is InChI=1S/C52H56F2N8O4/c1-6-60(7-2)46(34-13-9-8-10-14-34)50(64)62-26-12-16-44(62)48-55-29-41(57-48)33-19-17-32(18-20-33)35-21-23-37-38-24-22-36(28-40(38)52(53,54)39(37)27-35)42-30-56-47(58-42)43-15-11-25-61(43)49(63)45(31(3)4)59-51(65)66-5/h8-10,13-14,17-24,27-31,43-46H,6-7,11-12,15-16,25-26H2,1-5H3,(H,55,57)(H,56,58)(H,59,65)/t43-,44-,45-,46?/m0/s1. The number of likely N-dealkylation sites (N-methyl/N-ethyl adjacent to an activating group) is 1. The van der Waals surface area contributed by atoms with E-state index in [2.05, 4.69) is 39.0 Å². The second kappa shape index (κ2) is 18.3. The topological polar surface area (TPSA) is 140 Å². The van der Waals surface area contributed by atoms with Gasteiger partial charge in [0.05, 0.1) is 43.0 Å². The molecule has 3 amide bonds. The number of likely N-dealkylation sites (tertiary alicyclic amines) is 2. The molecule has 0 bridgehead atoms. The number of amides is 3. The van der Waals surface area contributed by atoms with Gasteiger partial charge in [-0.2, -0.15) is 8.78 Å². The Kier molecular flexibility index (Phi) is 12.4. The van der Waals surface area contributed by atoms with Gasteiger partial charge >= 0.3 is 6.09 Å². The number of benzene rings is 4. The van der Waals surface area contributed by atoms with Crippen LogP contribution in [0.4, 0.5) is 13.6 Å². The minimum atomic E-state index is -3.25. The number of imidazole rings is 2. The molecule has 3 aliphatic rings. The third-order valence-electron chi connectivity index (χ3n) is 13.7. The van der Waals surface area contributed by atoms with Crippen LogP contribution >= 0.6 is 0 Å². The summed E-state index contributed by atoms with van der Waals surface area (Å²) in [6.07, 6.45) is 5.88. The zero-order valence-electron chi connectivity index (χ0n) is 38.0. The molecule has 0 saturated carbocycles. The number of nitrogens with one attached hydrogen (secondary N) is 3. The Hall–Kier alpha value is -6.67. The number of alkyl halides is 2. The molecule has 2 saturated heterocycles. The first-order valence-electron chi connectivity index (χ1n) is 23.0. The number of ether oxygens (including phenoxy) is 1. The van der Waals surface area contributed by atoms with Crippen LogP contribution in [0, 0.1) is 5.92 Å². The van der Waals surface area contributed by atoms with Gasteiger partial charge in [0.1, 0.15) is 23.7 Å². The molecule has 12 nitrogen and oxygen atoms in total. The smallest absolute Gasteiger partial charge is 0.407 e. The Balaban J connectivity index is 0.901. The fraction of sp³-hybridized carbons (Fsp3) is 0.365. The van der Waals surface area contributed by atoms with Crippen LogP contribution in [-0.2, 0) is 20.2 Å². The van der Waals surface area contributed by atoms with Gasteiger partial charge in [0.15, 0.2) is 0 Å². The molecule has 3 N–H and O–H groups in total. The summed E-state index contributed by atoms with van der Waals surface area (Å²) in [4.78, 5) is 62.1. The number of alkyl carbamates (subject to hydrolysis) is 1. The van der Waals surface area contributed by atoms with Crippen molar-refractivity contribution in [2.45, 2.75) is 83.5 Å². The maximum Gasteiger partial charge on any atom is 0.407 e. The van der Waals surface area contributed by atoms with E-state index in [-0.39, 0.29) is 47.0 Å². The van der Waals surface area contributed by atoms with Gasteiger partial charge in [-0.3, -0.25) is 14.5 Å². The van der Waals surface area contributed by atoms with Gasteiger partial charge in [0.2, 0.25) is 11.8 Å². The van der Waals surface area contributed by atoms with E-state index in [1.54, 1.807) is 35.5 Å². The van der Waals surface area contributed by atoms with Crippen molar-refractivity contribution in [3.63, 3.8) is 0 Å². The fourth-order valence-electron chi connectivity index (χ4n) is 10.1. The number of aromatic amines is 2. The van der Waals surface area contributed by atoms with Crippen LogP contribution in [-0.4, -0.2) is 91.9 Å². The lowest BCUT2D eigenvalue weighted by molar-refractivity contribution is -0.138. The monoisotopic (exact) mass is 894 g/mol. The Morgan fingerprint density at radius 2 is 1.26 bits per heavy atom. The fourth-order valence-corrected chi connectivity index (χ4v) is 10.1. The van der Waals surface area contributed by atoms with Crippen molar-refractivity contribution in [2.24, 2.45) is 5.92 Å². The van der Waals surface area contributed by atoms with Crippen LogP contribution < -0.4 is 5.32 Å². The number of methoxy groups -OCH3 is 1. The van der Waals surface area contributed by atoms with Crippen LogP contribution in [0.5, 0.6) is 0 Å². The summed E-state index contributed by atoms with van der Waals surface area (Å²) in [5, 5.41) is 2.66. The molecule has 6 aromatic rings. The van der Waals surface area contributed by atoms with Gasteiger partial charge in [0, 0.05) is 29.8 Å². The van der Waals surface area contributed by atoms with Crippen molar-refractivity contribution in [3.05, 3.63) is 132 Å². The second-order valence-electron chi connectivity index (χ2n) is 17.8. The molecule has 0 radical (unpaired) electrons. The molecule has 0 spiro atoms. The number of fused-ring (bicyclic) bond motifs is 3. The molecular formula is C52H56F2N8O4. The van der Waals surface area contributed by atoms with Crippen LogP contribution in [0.1, 0.15) is 99.8 Å². The summed E-state index contributed by atoms with van der Waals surface area (Å²) in [6.45, 7) is 10.6. The summed E-state index contributed by atoms with van der Waals surface area (Å²) in [7, 11) is 1.26. The van der Waals surface area contributed by atoms with E-state index in [1.165, 1.54) is 13.2 Å². The van der Waals surface area contributed by atoms with E-state index in [0.717, 1.165) is 60.6 Å². The number of aromatic nitrogens is 4. The third kappa shape index (κ3) is 8.16. The van der Waals surface area contributed by atoms with E-state index in [4.69, 9.17) is 9.72 Å². The second-order valence-corrected chi connectivity index (χ2v) is 17.8. The van der Waals surface area contributed by atoms with E-state index < -0.39 is 18.1 Å². The number of nitrogens with zero attached hydrogens (tertiary/aromatic N) is 5. The van der Waals surface area contributed by atoms with Crippen molar-refractivity contribution in [2.75, 3.05) is 33.3 Å². The average Bonchev–Trinajstić information content (AvgIpc) is 4.20. The van der Waals surface area contributed by atoms with Gasteiger partial charge in [-0.05, 0) is 90.2 Å². The van der Waals surface area contributed by atoms with Gasteiger partial charge in [0.25, 0.3) is 5.92 Å². The molecule has 66 heavy (non-hydrogen) atoms. The molecule has 2 aromatic heterocycles. The zero-order chi connectivity index (χ0) is 46.3. The highest BCUT2D eigenvalue weighted by Crippen LogP contribution is 2.53. The maximum atomic E-state index is 16.5. The minimum Gasteiger partial charge on any atom is -0.453 e. The molecule has 1 aliphatic carbocycles. The minimum absolute atomic E-state index is 0.0497. The summed E-state index contributed by atoms with van der Waals surface area (Å²) in [6, 6.07) is 26.4. The van der Waals surface area contributed by atoms with E-state index in [0.29, 0.717) is 53.3 Å². The van der Waals surface area contributed by atoms with Gasteiger partial charge in [-0.15, -0.1) is 0 Å². The normalized spacial score (nSPS) is 18.4. The molecule has 4 atom stereocenters. The predicted octanol–water partition coefficient (Wildman–Crippen LogP) is 10.0. The first kappa shape index (κ1) is 44.5. The van der Waals surface area contributed by atoms with Crippen molar-refractivity contribution in [1.82, 2.24) is 40.0 Å². The first-order chi connectivity index (χ1) is 31.9. The molecule has 9 rings (SSSR count). The molecule has 4 heterocycles. The molecule has 1 unspecified atom stereocenters. The van der Waals surface area contributed by atoms with Crippen LogP contribution in [0.3, 0.4) is 0 Å². The van der Waals surface area contributed by atoms with Crippen molar-refractivity contribution >= 4 is 17.9 Å². The van der Waals surface area contributed by atoms with Gasteiger partial charge in [-0.25, -0.2) is 14.8 Å². The largest absolute Gasteiger partial charge is 0.453 e. The molecule has 2 aliphatic heterocycles. The summed E-state index contributed by atoms with van der Waals surface area (Å²) in [5.41, 5.74) is 6.15. The lowest BCUT2D eigenvalue weighted by atomic mass is 9.97. The van der Waals surface area contributed by atoms with E-state index in [1.807, 2.05) is 85.5 Å². The molecule has 14 heteroatoms. The van der Waals surface area contributed by atoms with Crippen molar-refractivity contribution in [1.29, 1.82) is 0 Å². The highest BCUT2D eigenvalue weighted by atomic mass is 19.3. The zero-order valence-corrected chi connectivity index (χ0v) is 38.0. The highest BCUT2D eigenvalue weighted by molar-refractivity contribution is 5.87. The van der Waals surface area contributed by atoms with Crippen molar-refractivity contribution in [3.8, 4) is 44.8 Å². The predicted molar refractivity (Wildman–Crippen MR) is 249 cm³/mol. The molecule has 342 valence electrons. The van der Waals surface area contributed by atoms with Crippen LogP contribution in [0.25, 0.3) is 44.8 Å². The molecule has 2 fully saturated rings. The lowest BCUT2D eigenvalue weighted by Gasteiger charge is -2.34. The first-order valence-corrected chi connectivity index (χ1v) is 23.0. The summed E-state index contributed by atoms with van der Waals surface area (Å²) >= 11 is 0. The summed E-state index contributed by atoms with van der Waals surface area (Å²) in [5.74, 6) is -2.25. The Bertz CT molecular complexity index is 2730. The molecule has 4 aromatic carbocycles. The number of halogens is 2. The van der Waals surface area contributed by atoms with Gasteiger partial charge < -0.3 is 29.8 Å². The van der Waals surface area contributed by atoms with Crippen molar-refractivity contribution < 1.29 is 27.9 Å². The number of H-pyrrole nitrogens is 2. The third-order valence-corrected chi connectivity index (χ3v) is 13.7. The number of hydrogen-bond acceptors (Lipinski definition) is 7. The maximum absolute atomic E-state index is 16.5. The highest BCUT2D eigenvalue weighted by Gasteiger charge is 2.45. The Labute approximate surface area is 383 Å². The Morgan fingerprint density at radius 1 is 0.742 bits per heavy atom. The number of carbonyl (C=O) groups is 3. The van der Waals surface area contributed by atoms with E-state index in [9.17, 15) is 14.4 Å². The van der Waals surface area contributed by atoms with Crippen LogP contribution in [0.2, 0.25) is 0 Å². The van der Waals surface area contributed by atoms with E-state index >= 15 is 8.78 Å².